The number of carbonyl (C=O) groups is 1. The zero-order valence-corrected chi connectivity index (χ0v) is 13.4. The highest BCUT2D eigenvalue weighted by Crippen LogP contribution is 2.23. The maximum Gasteiger partial charge on any atom is 0.240 e. The fourth-order valence-corrected chi connectivity index (χ4v) is 3.44. The molecule has 5 nitrogen and oxygen atoms in total. The first-order valence-electron chi connectivity index (χ1n) is 8.38. The Morgan fingerprint density at radius 2 is 2.00 bits per heavy atom. The quantitative estimate of drug-likeness (QED) is 0.853. The van der Waals surface area contributed by atoms with Gasteiger partial charge >= 0.3 is 0 Å². The summed E-state index contributed by atoms with van der Waals surface area (Å²) in [5.74, 6) is 0.224. The standard InChI is InChI=1S/C18H23N3O2/c19-13-15-5-1-2-6-16(15)14-21-8-4-3-7-17(21)18(22)20-9-11-23-12-10-20/h1-2,5-6,17H,3-4,7-12,14H2/t17-/m1/s1. The second-order valence-electron chi connectivity index (χ2n) is 6.19. The summed E-state index contributed by atoms with van der Waals surface area (Å²) < 4.78 is 5.35. The number of amides is 1. The lowest BCUT2D eigenvalue weighted by Crippen LogP contribution is -2.53. The van der Waals surface area contributed by atoms with Crippen molar-refractivity contribution >= 4 is 5.91 Å². The van der Waals surface area contributed by atoms with E-state index in [0.717, 1.165) is 31.4 Å². The number of nitrogens with zero attached hydrogens (tertiary/aromatic N) is 3. The largest absolute Gasteiger partial charge is 0.378 e. The van der Waals surface area contributed by atoms with E-state index in [2.05, 4.69) is 11.0 Å². The lowest BCUT2D eigenvalue weighted by Gasteiger charge is -2.38. The summed E-state index contributed by atoms with van der Waals surface area (Å²) in [6, 6.07) is 9.87. The Labute approximate surface area is 137 Å². The van der Waals surface area contributed by atoms with Crippen LogP contribution in [0, 0.1) is 11.3 Å². The molecule has 2 aliphatic heterocycles. The van der Waals surface area contributed by atoms with Gasteiger partial charge in [-0.15, -0.1) is 0 Å². The molecule has 2 aliphatic rings. The van der Waals surface area contributed by atoms with Crippen LogP contribution in [0.5, 0.6) is 0 Å². The molecule has 1 aromatic carbocycles. The zero-order chi connectivity index (χ0) is 16.1. The molecule has 122 valence electrons. The van der Waals surface area contributed by atoms with Crippen LogP contribution in [0.15, 0.2) is 24.3 Å². The molecule has 1 atom stereocenters. The molecule has 1 aromatic rings. The predicted molar refractivity (Wildman–Crippen MR) is 86.6 cm³/mol. The maximum absolute atomic E-state index is 12.9. The summed E-state index contributed by atoms with van der Waals surface area (Å²) in [5, 5.41) is 9.27. The Bertz CT molecular complexity index is 590. The van der Waals surface area contributed by atoms with Gasteiger partial charge in [0.25, 0.3) is 0 Å². The molecule has 0 saturated carbocycles. The van der Waals surface area contributed by atoms with Gasteiger partial charge in [-0.1, -0.05) is 24.6 Å². The molecule has 23 heavy (non-hydrogen) atoms. The van der Waals surface area contributed by atoms with Crippen molar-refractivity contribution in [1.29, 1.82) is 5.26 Å². The number of ether oxygens (including phenoxy) is 1. The number of hydrogen-bond donors (Lipinski definition) is 0. The molecule has 3 rings (SSSR count). The molecule has 0 radical (unpaired) electrons. The molecule has 5 heteroatoms. The van der Waals surface area contributed by atoms with E-state index in [9.17, 15) is 10.1 Å². The fourth-order valence-electron chi connectivity index (χ4n) is 3.44. The van der Waals surface area contributed by atoms with E-state index in [-0.39, 0.29) is 11.9 Å². The van der Waals surface area contributed by atoms with Crippen LogP contribution in [0.25, 0.3) is 0 Å². The molecule has 0 aromatic heterocycles. The van der Waals surface area contributed by atoms with E-state index in [1.165, 1.54) is 0 Å². The highest BCUT2D eigenvalue weighted by molar-refractivity contribution is 5.82. The van der Waals surface area contributed by atoms with Gasteiger partial charge in [0.05, 0.1) is 30.9 Å². The van der Waals surface area contributed by atoms with E-state index in [0.29, 0.717) is 38.4 Å². The molecular weight excluding hydrogens is 290 g/mol. The monoisotopic (exact) mass is 313 g/mol. The van der Waals surface area contributed by atoms with Crippen molar-refractivity contribution in [1.82, 2.24) is 9.80 Å². The summed E-state index contributed by atoms with van der Waals surface area (Å²) in [6.07, 6.45) is 3.11. The number of piperidine rings is 1. The second-order valence-corrected chi connectivity index (χ2v) is 6.19. The first kappa shape index (κ1) is 16.0. The Morgan fingerprint density at radius 3 is 2.78 bits per heavy atom. The van der Waals surface area contributed by atoms with Crippen molar-refractivity contribution < 1.29 is 9.53 Å². The van der Waals surface area contributed by atoms with Crippen LogP contribution in [-0.2, 0) is 16.1 Å². The van der Waals surface area contributed by atoms with Crippen molar-refractivity contribution in [3.05, 3.63) is 35.4 Å². The highest BCUT2D eigenvalue weighted by Gasteiger charge is 2.32. The van der Waals surface area contributed by atoms with Crippen molar-refractivity contribution in [3.8, 4) is 6.07 Å². The van der Waals surface area contributed by atoms with Crippen molar-refractivity contribution in [3.63, 3.8) is 0 Å². The normalized spacial score (nSPS) is 22.6. The molecule has 0 N–H and O–H groups in total. The summed E-state index contributed by atoms with van der Waals surface area (Å²) in [4.78, 5) is 17.1. The fraction of sp³-hybridized carbons (Fsp3) is 0.556. The Morgan fingerprint density at radius 1 is 1.22 bits per heavy atom. The molecule has 2 heterocycles. The molecule has 0 spiro atoms. The van der Waals surface area contributed by atoms with E-state index in [4.69, 9.17) is 4.74 Å². The van der Waals surface area contributed by atoms with Crippen LogP contribution < -0.4 is 0 Å². The van der Waals surface area contributed by atoms with Crippen LogP contribution in [-0.4, -0.2) is 54.6 Å². The molecule has 2 saturated heterocycles. The van der Waals surface area contributed by atoms with Gasteiger partial charge in [0.2, 0.25) is 5.91 Å². The predicted octanol–water partition coefficient (Wildman–Crippen LogP) is 1.77. The first-order valence-corrected chi connectivity index (χ1v) is 8.38. The zero-order valence-electron chi connectivity index (χ0n) is 13.4. The summed E-state index contributed by atoms with van der Waals surface area (Å²) >= 11 is 0. The number of hydrogen-bond acceptors (Lipinski definition) is 4. The maximum atomic E-state index is 12.9. The molecule has 1 amide bonds. The lowest BCUT2D eigenvalue weighted by atomic mass is 9.98. The minimum atomic E-state index is -0.0615. The summed E-state index contributed by atoms with van der Waals surface area (Å²) in [7, 11) is 0. The highest BCUT2D eigenvalue weighted by atomic mass is 16.5. The Balaban J connectivity index is 1.73. The van der Waals surface area contributed by atoms with Gasteiger partial charge < -0.3 is 9.64 Å². The van der Waals surface area contributed by atoms with Crippen molar-refractivity contribution in [2.24, 2.45) is 0 Å². The van der Waals surface area contributed by atoms with E-state index in [1.807, 2.05) is 29.2 Å². The number of carbonyl (C=O) groups excluding carboxylic acids is 1. The van der Waals surface area contributed by atoms with Gasteiger partial charge in [-0.05, 0) is 31.0 Å². The third-order valence-electron chi connectivity index (χ3n) is 4.73. The average molecular weight is 313 g/mol. The second kappa shape index (κ2) is 7.58. The van der Waals surface area contributed by atoms with Gasteiger partial charge in [0.15, 0.2) is 0 Å². The summed E-state index contributed by atoms with van der Waals surface area (Å²) in [5.41, 5.74) is 1.72. The molecule has 2 fully saturated rings. The summed E-state index contributed by atoms with van der Waals surface area (Å²) in [6.45, 7) is 4.24. The minimum absolute atomic E-state index is 0.0615. The number of morpholine rings is 1. The number of rotatable bonds is 3. The first-order chi connectivity index (χ1) is 11.3. The SMILES string of the molecule is N#Cc1ccccc1CN1CCCC[C@@H]1C(=O)N1CCOCC1. The van der Waals surface area contributed by atoms with Crippen LogP contribution in [0.3, 0.4) is 0 Å². The van der Waals surface area contributed by atoms with E-state index in [1.54, 1.807) is 0 Å². The molecule has 0 bridgehead atoms. The van der Waals surface area contributed by atoms with Gasteiger partial charge in [-0.2, -0.15) is 5.26 Å². The van der Waals surface area contributed by atoms with Gasteiger partial charge in [-0.25, -0.2) is 0 Å². The van der Waals surface area contributed by atoms with Crippen molar-refractivity contribution in [2.45, 2.75) is 31.8 Å². The van der Waals surface area contributed by atoms with Crippen molar-refractivity contribution in [2.75, 3.05) is 32.8 Å². The van der Waals surface area contributed by atoms with E-state index >= 15 is 0 Å². The Hall–Kier alpha value is -1.90. The smallest absolute Gasteiger partial charge is 0.240 e. The minimum Gasteiger partial charge on any atom is -0.378 e. The average Bonchev–Trinajstić information content (AvgIpc) is 2.63. The van der Waals surface area contributed by atoms with Crippen LogP contribution in [0.4, 0.5) is 0 Å². The molecule has 0 aliphatic carbocycles. The van der Waals surface area contributed by atoms with Crippen LogP contribution >= 0.6 is 0 Å². The molecule has 0 unspecified atom stereocenters. The van der Waals surface area contributed by atoms with Gasteiger partial charge in [0.1, 0.15) is 0 Å². The van der Waals surface area contributed by atoms with Crippen LogP contribution in [0.1, 0.15) is 30.4 Å². The van der Waals surface area contributed by atoms with Crippen LogP contribution in [0.2, 0.25) is 0 Å². The van der Waals surface area contributed by atoms with E-state index < -0.39 is 0 Å². The van der Waals surface area contributed by atoms with Gasteiger partial charge in [-0.3, -0.25) is 9.69 Å². The Kier molecular flexibility index (Phi) is 5.27. The number of benzene rings is 1. The number of nitriles is 1. The molecular formula is C18H23N3O2. The number of likely N-dealkylation sites (tertiary alicyclic amines) is 1. The topological polar surface area (TPSA) is 56.6 Å². The lowest BCUT2D eigenvalue weighted by molar-refractivity contribution is -0.142. The third kappa shape index (κ3) is 3.72. The third-order valence-corrected chi connectivity index (χ3v) is 4.73. The van der Waals surface area contributed by atoms with Gasteiger partial charge in [0, 0.05) is 19.6 Å².